The standard InChI is InChI=1S/C25H29N5O4S/c1-32-19-13-18(14-20(33-2)22(19)34-3)21(23-24(31)30-25(35-23)26-16-27-30)29-11-9-28(10-12-29)15-17-7-5-4-6-8-17/h4-8,13-14,16,21,31H,9-12,15H2,1-3H3/t21-/m0/s1. The van der Waals surface area contributed by atoms with Gasteiger partial charge >= 0.3 is 0 Å². The molecule has 0 aliphatic carbocycles. The molecule has 184 valence electrons. The Balaban J connectivity index is 1.49. The van der Waals surface area contributed by atoms with Gasteiger partial charge in [-0.25, -0.2) is 4.98 Å². The van der Waals surface area contributed by atoms with Crippen molar-refractivity contribution in [1.82, 2.24) is 24.4 Å². The summed E-state index contributed by atoms with van der Waals surface area (Å²) in [5.41, 5.74) is 2.25. The molecule has 1 saturated heterocycles. The van der Waals surface area contributed by atoms with E-state index in [0.29, 0.717) is 22.2 Å². The quantitative estimate of drug-likeness (QED) is 0.398. The largest absolute Gasteiger partial charge is 0.493 e. The van der Waals surface area contributed by atoms with Crippen molar-refractivity contribution in [2.24, 2.45) is 0 Å². The second kappa shape index (κ2) is 10.1. The lowest BCUT2D eigenvalue weighted by molar-refractivity contribution is 0.104. The van der Waals surface area contributed by atoms with Crippen LogP contribution < -0.4 is 14.2 Å². The highest BCUT2D eigenvalue weighted by molar-refractivity contribution is 7.17. The molecule has 0 spiro atoms. The first-order chi connectivity index (χ1) is 17.1. The van der Waals surface area contributed by atoms with Gasteiger partial charge in [-0.3, -0.25) is 9.80 Å². The van der Waals surface area contributed by atoms with Crippen LogP contribution in [0.15, 0.2) is 48.8 Å². The van der Waals surface area contributed by atoms with Crippen LogP contribution in [0.2, 0.25) is 0 Å². The number of thiazole rings is 1. The molecule has 2 aromatic carbocycles. The molecular weight excluding hydrogens is 466 g/mol. The average molecular weight is 496 g/mol. The zero-order chi connectivity index (χ0) is 24.4. The monoisotopic (exact) mass is 495 g/mol. The zero-order valence-corrected chi connectivity index (χ0v) is 20.9. The number of aromatic nitrogens is 3. The van der Waals surface area contributed by atoms with E-state index in [2.05, 4.69) is 44.1 Å². The molecule has 0 unspecified atom stereocenters. The molecule has 0 amide bonds. The molecule has 0 radical (unpaired) electrons. The van der Waals surface area contributed by atoms with Gasteiger partial charge in [0, 0.05) is 32.7 Å². The van der Waals surface area contributed by atoms with Crippen molar-refractivity contribution < 1.29 is 19.3 Å². The third kappa shape index (κ3) is 4.52. The minimum absolute atomic E-state index is 0.105. The molecular formula is C25H29N5O4S. The van der Waals surface area contributed by atoms with Crippen LogP contribution in [0.5, 0.6) is 23.1 Å². The topological polar surface area (TPSA) is 84.6 Å². The normalized spacial score (nSPS) is 15.9. The van der Waals surface area contributed by atoms with Gasteiger partial charge in [-0.1, -0.05) is 41.7 Å². The zero-order valence-electron chi connectivity index (χ0n) is 20.0. The number of nitrogens with zero attached hydrogens (tertiary/aromatic N) is 5. The van der Waals surface area contributed by atoms with Crippen molar-refractivity contribution in [2.45, 2.75) is 12.6 Å². The van der Waals surface area contributed by atoms with Gasteiger partial charge in [-0.2, -0.15) is 9.61 Å². The number of methoxy groups -OCH3 is 3. The number of hydrogen-bond acceptors (Lipinski definition) is 9. The van der Waals surface area contributed by atoms with E-state index in [9.17, 15) is 5.11 Å². The number of rotatable bonds is 8. The van der Waals surface area contributed by atoms with E-state index in [1.54, 1.807) is 21.3 Å². The van der Waals surface area contributed by atoms with Gasteiger partial charge < -0.3 is 19.3 Å². The Kier molecular flexibility index (Phi) is 6.76. The van der Waals surface area contributed by atoms with Crippen LogP contribution in [0, 0.1) is 0 Å². The Hall–Kier alpha value is -3.34. The Morgan fingerprint density at radius 3 is 2.26 bits per heavy atom. The van der Waals surface area contributed by atoms with Crippen molar-refractivity contribution in [3.63, 3.8) is 0 Å². The molecule has 0 saturated carbocycles. The molecule has 1 aliphatic rings. The molecule has 35 heavy (non-hydrogen) atoms. The van der Waals surface area contributed by atoms with E-state index in [-0.39, 0.29) is 11.9 Å². The smallest absolute Gasteiger partial charge is 0.230 e. The highest BCUT2D eigenvalue weighted by Gasteiger charge is 2.33. The number of piperazine rings is 1. The summed E-state index contributed by atoms with van der Waals surface area (Å²) in [6, 6.07) is 14.2. The SMILES string of the molecule is COc1cc([C@@H](c2sc3ncnn3c2O)N2CCN(Cc3ccccc3)CC2)cc(OC)c1OC. The van der Waals surface area contributed by atoms with Crippen molar-refractivity contribution in [3.05, 3.63) is 64.8 Å². The molecule has 10 heteroatoms. The molecule has 1 N–H and O–H groups in total. The van der Waals surface area contributed by atoms with Gasteiger partial charge in [-0.15, -0.1) is 0 Å². The summed E-state index contributed by atoms with van der Waals surface area (Å²) in [4.78, 5) is 10.6. The van der Waals surface area contributed by atoms with Crippen molar-refractivity contribution in [2.75, 3.05) is 47.5 Å². The maximum Gasteiger partial charge on any atom is 0.230 e. The third-order valence-electron chi connectivity index (χ3n) is 6.41. The minimum Gasteiger partial charge on any atom is -0.493 e. The predicted octanol–water partition coefficient (Wildman–Crippen LogP) is 3.43. The average Bonchev–Trinajstić information content (AvgIpc) is 3.48. The van der Waals surface area contributed by atoms with Gasteiger partial charge in [0.25, 0.3) is 0 Å². The van der Waals surface area contributed by atoms with Crippen LogP contribution >= 0.6 is 11.3 Å². The highest BCUT2D eigenvalue weighted by atomic mass is 32.1. The predicted molar refractivity (Wildman–Crippen MR) is 134 cm³/mol. The lowest BCUT2D eigenvalue weighted by Gasteiger charge is -2.39. The Morgan fingerprint density at radius 2 is 1.66 bits per heavy atom. The van der Waals surface area contributed by atoms with Crippen molar-refractivity contribution >= 4 is 16.3 Å². The van der Waals surface area contributed by atoms with Crippen molar-refractivity contribution in [3.8, 4) is 23.1 Å². The number of hydrogen-bond donors (Lipinski definition) is 1. The molecule has 4 aromatic rings. The summed E-state index contributed by atoms with van der Waals surface area (Å²) in [5, 5.41) is 15.3. The van der Waals surface area contributed by atoms with Crippen LogP contribution in [0.4, 0.5) is 0 Å². The molecule has 1 atom stereocenters. The minimum atomic E-state index is -0.226. The molecule has 1 fully saturated rings. The molecule has 3 heterocycles. The highest BCUT2D eigenvalue weighted by Crippen LogP contribution is 2.45. The Labute approximate surface area is 208 Å². The Bertz CT molecular complexity index is 1260. The molecule has 5 rings (SSSR count). The number of aromatic hydroxyl groups is 1. The first-order valence-corrected chi connectivity index (χ1v) is 12.3. The summed E-state index contributed by atoms with van der Waals surface area (Å²) in [6.45, 7) is 4.42. The fraction of sp³-hybridized carbons (Fsp3) is 0.360. The summed E-state index contributed by atoms with van der Waals surface area (Å²) in [5.74, 6) is 1.80. The number of benzene rings is 2. The van der Waals surface area contributed by atoms with E-state index >= 15 is 0 Å². The van der Waals surface area contributed by atoms with E-state index < -0.39 is 0 Å². The summed E-state index contributed by atoms with van der Waals surface area (Å²) < 4.78 is 18.3. The maximum absolute atomic E-state index is 11.1. The number of fused-ring (bicyclic) bond motifs is 1. The maximum atomic E-state index is 11.1. The van der Waals surface area contributed by atoms with Crippen LogP contribution in [0.3, 0.4) is 0 Å². The van der Waals surface area contributed by atoms with Crippen molar-refractivity contribution in [1.29, 1.82) is 0 Å². The lowest BCUT2D eigenvalue weighted by Crippen LogP contribution is -2.47. The fourth-order valence-electron chi connectivity index (χ4n) is 4.68. The van der Waals surface area contributed by atoms with Gasteiger partial charge in [-0.05, 0) is 23.3 Å². The van der Waals surface area contributed by atoms with Gasteiger partial charge in [0.15, 0.2) is 11.5 Å². The second-order valence-corrected chi connectivity index (χ2v) is 9.41. The molecule has 9 nitrogen and oxygen atoms in total. The molecule has 2 aromatic heterocycles. The first kappa shape index (κ1) is 23.4. The summed E-state index contributed by atoms with van der Waals surface area (Å²) in [7, 11) is 4.81. The van der Waals surface area contributed by atoms with E-state index in [1.165, 1.54) is 27.7 Å². The van der Waals surface area contributed by atoms with E-state index in [4.69, 9.17) is 14.2 Å². The molecule has 1 aliphatic heterocycles. The van der Waals surface area contributed by atoms with E-state index in [1.807, 2.05) is 18.2 Å². The van der Waals surface area contributed by atoms with E-state index in [0.717, 1.165) is 43.2 Å². The third-order valence-corrected chi connectivity index (χ3v) is 7.50. The summed E-state index contributed by atoms with van der Waals surface area (Å²) in [6.07, 6.45) is 1.45. The first-order valence-electron chi connectivity index (χ1n) is 11.4. The van der Waals surface area contributed by atoms with Crippen LogP contribution in [0.1, 0.15) is 22.0 Å². The second-order valence-electron chi connectivity index (χ2n) is 8.40. The molecule has 0 bridgehead atoms. The number of ether oxygens (including phenoxy) is 3. The van der Waals surface area contributed by atoms with Gasteiger partial charge in [0.2, 0.25) is 16.6 Å². The van der Waals surface area contributed by atoms with Gasteiger partial charge in [0.1, 0.15) is 6.33 Å². The van der Waals surface area contributed by atoms with Crippen LogP contribution in [-0.4, -0.2) is 77.0 Å². The lowest BCUT2D eigenvalue weighted by atomic mass is 10.0. The van der Waals surface area contributed by atoms with Crippen LogP contribution in [0.25, 0.3) is 4.96 Å². The Morgan fingerprint density at radius 1 is 0.971 bits per heavy atom. The van der Waals surface area contributed by atoms with Gasteiger partial charge in [0.05, 0.1) is 32.2 Å². The van der Waals surface area contributed by atoms with Crippen LogP contribution in [-0.2, 0) is 6.54 Å². The summed E-state index contributed by atoms with van der Waals surface area (Å²) >= 11 is 1.44. The fourth-order valence-corrected chi connectivity index (χ4v) is 5.77.